The molecule has 1 aromatic heterocycles. The first-order chi connectivity index (χ1) is 6.77. The summed E-state index contributed by atoms with van der Waals surface area (Å²) in [5.41, 5.74) is 7.58. The van der Waals surface area contributed by atoms with E-state index in [1.165, 1.54) is 0 Å². The van der Waals surface area contributed by atoms with Gasteiger partial charge in [0.1, 0.15) is 0 Å². The molecule has 3 nitrogen and oxygen atoms in total. The highest BCUT2D eigenvalue weighted by Crippen LogP contribution is 2.12. The fraction of sp³-hybridized carbons (Fsp3) is 0.545. The fourth-order valence-corrected chi connectivity index (χ4v) is 1.18. The summed E-state index contributed by atoms with van der Waals surface area (Å²) in [6.45, 7) is 5.37. The Morgan fingerprint density at radius 2 is 2.21 bits per heavy atom. The Labute approximate surface area is 85.3 Å². The molecule has 1 rings (SSSR count). The van der Waals surface area contributed by atoms with E-state index in [-0.39, 0.29) is 0 Å². The number of aromatic nitrogens is 1. The Morgan fingerprint density at radius 1 is 1.43 bits per heavy atom. The van der Waals surface area contributed by atoms with Crippen LogP contribution in [-0.2, 0) is 6.54 Å². The van der Waals surface area contributed by atoms with Crippen molar-refractivity contribution >= 4 is 0 Å². The van der Waals surface area contributed by atoms with Crippen LogP contribution in [0.1, 0.15) is 31.0 Å². The first kappa shape index (κ1) is 11.0. The van der Waals surface area contributed by atoms with Gasteiger partial charge in [0, 0.05) is 18.3 Å². The van der Waals surface area contributed by atoms with Gasteiger partial charge in [-0.15, -0.1) is 0 Å². The lowest BCUT2D eigenvalue weighted by atomic mass is 10.2. The molecule has 0 saturated heterocycles. The highest BCUT2D eigenvalue weighted by molar-refractivity contribution is 5.24. The van der Waals surface area contributed by atoms with Crippen LogP contribution in [0.25, 0.3) is 0 Å². The van der Waals surface area contributed by atoms with Crippen LogP contribution in [0.15, 0.2) is 12.1 Å². The van der Waals surface area contributed by atoms with E-state index in [0.29, 0.717) is 12.4 Å². The van der Waals surface area contributed by atoms with Gasteiger partial charge in [-0.25, -0.2) is 4.98 Å². The summed E-state index contributed by atoms with van der Waals surface area (Å²) in [6, 6.07) is 3.86. The Hall–Kier alpha value is -1.09. The number of hydrogen-bond acceptors (Lipinski definition) is 3. The zero-order chi connectivity index (χ0) is 10.4. The second-order valence-corrected chi connectivity index (χ2v) is 3.30. The van der Waals surface area contributed by atoms with E-state index < -0.39 is 0 Å². The van der Waals surface area contributed by atoms with Gasteiger partial charge in [0.15, 0.2) is 0 Å². The minimum Gasteiger partial charge on any atom is -0.478 e. The van der Waals surface area contributed by atoms with E-state index in [1.807, 2.05) is 19.1 Å². The summed E-state index contributed by atoms with van der Waals surface area (Å²) in [5, 5.41) is 0. The smallest absolute Gasteiger partial charge is 0.213 e. The highest BCUT2D eigenvalue weighted by atomic mass is 16.5. The van der Waals surface area contributed by atoms with Gasteiger partial charge in [-0.05, 0) is 18.9 Å². The maximum atomic E-state index is 5.54. The van der Waals surface area contributed by atoms with Crippen molar-refractivity contribution in [1.82, 2.24) is 4.98 Å². The number of aryl methyl sites for hydroxylation is 1. The summed E-state index contributed by atoms with van der Waals surface area (Å²) in [5.74, 6) is 0.702. The predicted octanol–water partition coefficient (Wildman–Crippen LogP) is 2.03. The maximum absolute atomic E-state index is 5.54. The Balaban J connectivity index is 2.57. The van der Waals surface area contributed by atoms with E-state index in [4.69, 9.17) is 10.5 Å². The summed E-state index contributed by atoms with van der Waals surface area (Å²) in [4.78, 5) is 4.31. The molecule has 0 atom stereocenters. The van der Waals surface area contributed by atoms with Crippen LogP contribution in [0.5, 0.6) is 5.88 Å². The van der Waals surface area contributed by atoms with Crippen LogP contribution >= 0.6 is 0 Å². The molecule has 0 bridgehead atoms. The lowest BCUT2D eigenvalue weighted by Gasteiger charge is -2.07. The normalized spacial score (nSPS) is 10.2. The van der Waals surface area contributed by atoms with Gasteiger partial charge in [-0.2, -0.15) is 0 Å². The standard InChI is InChI=1S/C11H18N2O/c1-3-4-7-14-11-6-5-10(8-12)9(2)13-11/h5-6H,3-4,7-8,12H2,1-2H3. The molecular weight excluding hydrogens is 176 g/mol. The first-order valence-electron chi connectivity index (χ1n) is 5.07. The van der Waals surface area contributed by atoms with Crippen molar-refractivity contribution in [2.45, 2.75) is 33.2 Å². The molecule has 0 aliphatic rings. The minimum absolute atomic E-state index is 0.536. The van der Waals surface area contributed by atoms with E-state index in [1.54, 1.807) is 0 Å². The zero-order valence-electron chi connectivity index (χ0n) is 8.92. The number of unbranched alkanes of at least 4 members (excludes halogenated alkanes) is 1. The van der Waals surface area contributed by atoms with Crippen molar-refractivity contribution in [1.29, 1.82) is 0 Å². The van der Waals surface area contributed by atoms with Gasteiger partial charge in [0.25, 0.3) is 0 Å². The fourth-order valence-electron chi connectivity index (χ4n) is 1.18. The molecule has 0 fully saturated rings. The Bertz CT molecular complexity index is 287. The zero-order valence-corrected chi connectivity index (χ0v) is 8.92. The third-order valence-corrected chi connectivity index (χ3v) is 2.14. The number of hydrogen-bond donors (Lipinski definition) is 1. The first-order valence-corrected chi connectivity index (χ1v) is 5.07. The van der Waals surface area contributed by atoms with Gasteiger partial charge >= 0.3 is 0 Å². The SMILES string of the molecule is CCCCOc1ccc(CN)c(C)n1. The van der Waals surface area contributed by atoms with Crippen molar-refractivity contribution in [3.8, 4) is 5.88 Å². The summed E-state index contributed by atoms with van der Waals surface area (Å²) in [6.07, 6.45) is 2.21. The number of ether oxygens (including phenoxy) is 1. The maximum Gasteiger partial charge on any atom is 0.213 e. The van der Waals surface area contributed by atoms with Crippen molar-refractivity contribution < 1.29 is 4.74 Å². The molecule has 0 aromatic carbocycles. The van der Waals surface area contributed by atoms with Crippen LogP contribution in [0.2, 0.25) is 0 Å². The molecule has 0 aliphatic carbocycles. The summed E-state index contributed by atoms with van der Waals surface area (Å²) >= 11 is 0. The molecule has 0 amide bonds. The Morgan fingerprint density at radius 3 is 2.79 bits per heavy atom. The molecule has 1 heterocycles. The molecule has 0 unspecified atom stereocenters. The lowest BCUT2D eigenvalue weighted by molar-refractivity contribution is 0.297. The molecule has 14 heavy (non-hydrogen) atoms. The van der Waals surface area contributed by atoms with Crippen molar-refractivity contribution in [3.05, 3.63) is 23.4 Å². The van der Waals surface area contributed by atoms with E-state index in [2.05, 4.69) is 11.9 Å². The third-order valence-electron chi connectivity index (χ3n) is 2.14. The Kier molecular flexibility index (Phi) is 4.40. The predicted molar refractivity (Wildman–Crippen MR) is 57.3 cm³/mol. The second kappa shape index (κ2) is 5.60. The minimum atomic E-state index is 0.536. The lowest BCUT2D eigenvalue weighted by Crippen LogP contribution is -2.03. The average molecular weight is 194 g/mol. The van der Waals surface area contributed by atoms with Crippen molar-refractivity contribution in [3.63, 3.8) is 0 Å². The van der Waals surface area contributed by atoms with Gasteiger partial charge < -0.3 is 10.5 Å². The van der Waals surface area contributed by atoms with Gasteiger partial charge in [0.2, 0.25) is 5.88 Å². The largest absolute Gasteiger partial charge is 0.478 e. The number of rotatable bonds is 5. The summed E-state index contributed by atoms with van der Waals surface area (Å²) in [7, 11) is 0. The van der Waals surface area contributed by atoms with Gasteiger partial charge in [0.05, 0.1) is 6.61 Å². The van der Waals surface area contributed by atoms with Crippen LogP contribution < -0.4 is 10.5 Å². The molecule has 0 radical (unpaired) electrons. The van der Waals surface area contributed by atoms with Gasteiger partial charge in [-0.3, -0.25) is 0 Å². The molecule has 3 heteroatoms. The van der Waals surface area contributed by atoms with E-state index in [9.17, 15) is 0 Å². The second-order valence-electron chi connectivity index (χ2n) is 3.30. The molecule has 0 spiro atoms. The van der Waals surface area contributed by atoms with Crippen molar-refractivity contribution in [2.24, 2.45) is 5.73 Å². The molecule has 0 saturated carbocycles. The monoisotopic (exact) mass is 194 g/mol. The number of nitrogens with two attached hydrogens (primary N) is 1. The quantitative estimate of drug-likeness (QED) is 0.729. The van der Waals surface area contributed by atoms with Crippen LogP contribution in [0.4, 0.5) is 0 Å². The molecular formula is C11H18N2O. The van der Waals surface area contributed by atoms with E-state index in [0.717, 1.165) is 30.7 Å². The van der Waals surface area contributed by atoms with Crippen LogP contribution in [0, 0.1) is 6.92 Å². The summed E-state index contributed by atoms with van der Waals surface area (Å²) < 4.78 is 5.47. The highest BCUT2D eigenvalue weighted by Gasteiger charge is 2.00. The van der Waals surface area contributed by atoms with Crippen LogP contribution in [0.3, 0.4) is 0 Å². The number of nitrogens with zero attached hydrogens (tertiary/aromatic N) is 1. The van der Waals surface area contributed by atoms with Crippen molar-refractivity contribution in [2.75, 3.05) is 6.61 Å². The van der Waals surface area contributed by atoms with E-state index >= 15 is 0 Å². The van der Waals surface area contributed by atoms with Crippen LogP contribution in [-0.4, -0.2) is 11.6 Å². The molecule has 1 aromatic rings. The average Bonchev–Trinajstić information content (AvgIpc) is 2.18. The molecule has 0 aliphatic heterocycles. The topological polar surface area (TPSA) is 48.1 Å². The molecule has 2 N–H and O–H groups in total. The molecule has 78 valence electrons. The number of pyridine rings is 1. The third kappa shape index (κ3) is 3.00. The van der Waals surface area contributed by atoms with Gasteiger partial charge in [-0.1, -0.05) is 19.4 Å².